The van der Waals surface area contributed by atoms with Gasteiger partial charge in [-0.05, 0) is 10.8 Å². The SMILES string of the molecule is CCN(CP(=O)(O)O)S(=O)(=O)c1scc2ccccc12. The lowest BCUT2D eigenvalue weighted by molar-refractivity contribution is 0.346. The number of hydrogen-bond donors (Lipinski definition) is 2. The quantitative estimate of drug-likeness (QED) is 0.816. The summed E-state index contributed by atoms with van der Waals surface area (Å²) in [6.07, 6.45) is -0.807. The number of benzene rings is 1. The van der Waals surface area contributed by atoms with Crippen molar-refractivity contribution < 1.29 is 22.8 Å². The van der Waals surface area contributed by atoms with Crippen LogP contribution in [0.5, 0.6) is 0 Å². The number of rotatable bonds is 5. The monoisotopic (exact) mass is 335 g/mol. The molecule has 2 aromatic rings. The highest BCUT2D eigenvalue weighted by atomic mass is 32.2. The predicted molar refractivity (Wildman–Crippen MR) is 78.3 cm³/mol. The van der Waals surface area contributed by atoms with Crippen LogP contribution in [-0.4, -0.2) is 35.3 Å². The van der Waals surface area contributed by atoms with Crippen LogP contribution in [0.2, 0.25) is 0 Å². The molecule has 1 aromatic carbocycles. The lowest BCUT2D eigenvalue weighted by atomic mass is 10.2. The Morgan fingerprint density at radius 1 is 1.30 bits per heavy atom. The molecule has 1 aromatic heterocycles. The number of fused-ring (bicyclic) bond motifs is 1. The summed E-state index contributed by atoms with van der Waals surface area (Å²) in [5, 5.41) is 3.08. The fourth-order valence-electron chi connectivity index (χ4n) is 1.83. The van der Waals surface area contributed by atoms with Gasteiger partial charge < -0.3 is 9.79 Å². The summed E-state index contributed by atoms with van der Waals surface area (Å²) in [6, 6.07) is 7.01. The second-order valence-electron chi connectivity index (χ2n) is 4.19. The molecule has 0 unspecified atom stereocenters. The molecule has 1 heterocycles. The summed E-state index contributed by atoms with van der Waals surface area (Å²) >= 11 is 1.06. The van der Waals surface area contributed by atoms with Gasteiger partial charge in [0, 0.05) is 11.9 Å². The van der Waals surface area contributed by atoms with Crippen molar-refractivity contribution in [2.45, 2.75) is 11.1 Å². The predicted octanol–water partition coefficient (Wildman–Crippen LogP) is 2.05. The van der Waals surface area contributed by atoms with Gasteiger partial charge in [-0.15, -0.1) is 11.3 Å². The van der Waals surface area contributed by atoms with Crippen LogP contribution in [0, 0.1) is 0 Å². The van der Waals surface area contributed by atoms with E-state index in [9.17, 15) is 13.0 Å². The molecule has 9 heteroatoms. The second kappa shape index (κ2) is 5.55. The van der Waals surface area contributed by atoms with E-state index >= 15 is 0 Å². The number of sulfonamides is 1. The average molecular weight is 335 g/mol. The van der Waals surface area contributed by atoms with Crippen LogP contribution in [0.15, 0.2) is 33.9 Å². The molecule has 0 radical (unpaired) electrons. The molecule has 0 saturated heterocycles. The summed E-state index contributed by atoms with van der Waals surface area (Å²) in [5.41, 5.74) is 0. The third-order valence-electron chi connectivity index (χ3n) is 2.74. The zero-order chi connectivity index (χ0) is 15.0. The van der Waals surface area contributed by atoms with Crippen LogP contribution in [0.1, 0.15) is 6.92 Å². The second-order valence-corrected chi connectivity index (χ2v) is 8.81. The average Bonchev–Trinajstić information content (AvgIpc) is 2.79. The van der Waals surface area contributed by atoms with Gasteiger partial charge in [0.05, 0.1) is 0 Å². The van der Waals surface area contributed by atoms with Gasteiger partial charge in [-0.1, -0.05) is 31.2 Å². The zero-order valence-electron chi connectivity index (χ0n) is 10.6. The van der Waals surface area contributed by atoms with Crippen LogP contribution in [0.3, 0.4) is 0 Å². The van der Waals surface area contributed by atoms with Crippen molar-refractivity contribution in [1.82, 2.24) is 4.31 Å². The highest BCUT2D eigenvalue weighted by Crippen LogP contribution is 2.39. The largest absolute Gasteiger partial charge is 0.340 e. The maximum absolute atomic E-state index is 12.5. The standard InChI is InChI=1S/C11H14NO5PS2/c1-2-12(8-18(13,14)15)20(16,17)11-10-6-4-3-5-9(10)7-19-11/h3-7H,2,8H2,1H3,(H2,13,14,15). The molecule has 0 amide bonds. The highest BCUT2D eigenvalue weighted by Gasteiger charge is 2.31. The zero-order valence-corrected chi connectivity index (χ0v) is 13.2. The van der Waals surface area contributed by atoms with Gasteiger partial charge in [-0.3, -0.25) is 4.57 Å². The first-order valence-corrected chi connectivity index (χ1v) is 9.88. The molecule has 0 aliphatic rings. The van der Waals surface area contributed by atoms with E-state index in [1.165, 1.54) is 0 Å². The van der Waals surface area contributed by atoms with E-state index in [1.54, 1.807) is 36.6 Å². The van der Waals surface area contributed by atoms with Crippen molar-refractivity contribution in [3.8, 4) is 0 Å². The van der Waals surface area contributed by atoms with E-state index in [4.69, 9.17) is 9.79 Å². The molecule has 20 heavy (non-hydrogen) atoms. The number of hydrogen-bond acceptors (Lipinski definition) is 4. The summed E-state index contributed by atoms with van der Waals surface area (Å²) in [5.74, 6) is 0. The summed E-state index contributed by atoms with van der Waals surface area (Å²) in [4.78, 5) is 18.0. The lowest BCUT2D eigenvalue weighted by Crippen LogP contribution is -2.31. The third-order valence-corrected chi connectivity index (χ3v) is 7.13. The summed E-state index contributed by atoms with van der Waals surface area (Å²) < 4.78 is 37.0. The highest BCUT2D eigenvalue weighted by molar-refractivity contribution is 7.91. The van der Waals surface area contributed by atoms with Crippen molar-refractivity contribution in [3.05, 3.63) is 29.6 Å². The van der Waals surface area contributed by atoms with Crippen molar-refractivity contribution in [2.24, 2.45) is 0 Å². The lowest BCUT2D eigenvalue weighted by Gasteiger charge is -2.20. The minimum atomic E-state index is -4.45. The Kier molecular flexibility index (Phi) is 4.34. The van der Waals surface area contributed by atoms with E-state index in [-0.39, 0.29) is 10.8 Å². The Balaban J connectivity index is 2.51. The van der Waals surface area contributed by atoms with Gasteiger partial charge in [0.15, 0.2) is 0 Å². The first-order chi connectivity index (χ1) is 9.25. The molecule has 0 saturated carbocycles. The molecular formula is C11H14NO5PS2. The van der Waals surface area contributed by atoms with Gasteiger partial charge in [0.25, 0.3) is 10.0 Å². The molecule has 0 fully saturated rings. The number of nitrogens with zero attached hydrogens (tertiary/aromatic N) is 1. The van der Waals surface area contributed by atoms with Crippen molar-refractivity contribution in [2.75, 3.05) is 12.8 Å². The van der Waals surface area contributed by atoms with E-state index < -0.39 is 23.9 Å². The molecule has 2 rings (SSSR count). The van der Waals surface area contributed by atoms with Gasteiger partial charge >= 0.3 is 7.60 Å². The Morgan fingerprint density at radius 3 is 2.55 bits per heavy atom. The van der Waals surface area contributed by atoms with Gasteiger partial charge in [0.2, 0.25) is 0 Å². The molecule has 2 N–H and O–H groups in total. The van der Waals surface area contributed by atoms with E-state index in [0.29, 0.717) is 5.39 Å². The van der Waals surface area contributed by atoms with Crippen molar-refractivity contribution in [1.29, 1.82) is 0 Å². The molecule has 0 atom stereocenters. The maximum atomic E-state index is 12.5. The smallest absolute Gasteiger partial charge is 0.324 e. The van der Waals surface area contributed by atoms with Gasteiger partial charge in [0.1, 0.15) is 10.5 Å². The Morgan fingerprint density at radius 2 is 1.95 bits per heavy atom. The van der Waals surface area contributed by atoms with Gasteiger partial charge in [-0.2, -0.15) is 4.31 Å². The molecule has 110 valence electrons. The van der Waals surface area contributed by atoms with Crippen molar-refractivity contribution >= 4 is 39.7 Å². The van der Waals surface area contributed by atoms with E-state index in [1.807, 2.05) is 0 Å². The fraction of sp³-hybridized carbons (Fsp3) is 0.273. The minimum Gasteiger partial charge on any atom is -0.324 e. The Hall–Kier alpha value is -0.760. The summed E-state index contributed by atoms with van der Waals surface area (Å²) in [7, 11) is -8.35. The Labute approximate surface area is 120 Å². The minimum absolute atomic E-state index is 0.000327. The topological polar surface area (TPSA) is 94.9 Å². The summed E-state index contributed by atoms with van der Waals surface area (Å²) in [6.45, 7) is 1.54. The molecule has 0 spiro atoms. The maximum Gasteiger partial charge on any atom is 0.340 e. The van der Waals surface area contributed by atoms with Crippen LogP contribution in [0.4, 0.5) is 0 Å². The first kappa shape index (κ1) is 15.6. The van der Waals surface area contributed by atoms with Gasteiger partial charge in [-0.25, -0.2) is 8.42 Å². The third kappa shape index (κ3) is 3.11. The van der Waals surface area contributed by atoms with Crippen LogP contribution < -0.4 is 0 Å². The molecule has 0 bridgehead atoms. The first-order valence-electron chi connectivity index (χ1n) is 5.76. The van der Waals surface area contributed by atoms with Crippen LogP contribution in [0.25, 0.3) is 10.8 Å². The van der Waals surface area contributed by atoms with Crippen LogP contribution >= 0.6 is 18.9 Å². The van der Waals surface area contributed by atoms with Crippen molar-refractivity contribution in [3.63, 3.8) is 0 Å². The van der Waals surface area contributed by atoms with E-state index in [2.05, 4.69) is 0 Å². The molecule has 0 aliphatic carbocycles. The van der Waals surface area contributed by atoms with E-state index in [0.717, 1.165) is 21.0 Å². The molecular weight excluding hydrogens is 321 g/mol. The van der Waals surface area contributed by atoms with Crippen LogP contribution in [-0.2, 0) is 14.6 Å². The fourth-order valence-corrected chi connectivity index (χ4v) is 6.24. The molecule has 6 nitrogen and oxygen atoms in total. The molecule has 0 aliphatic heterocycles. The Bertz CT molecular complexity index is 764. The number of thiophene rings is 1. The normalized spacial score (nSPS) is 13.2.